The molecule has 6 heteroatoms. The van der Waals surface area contributed by atoms with Crippen molar-refractivity contribution in [2.45, 2.75) is 50.8 Å². The normalized spacial score (nSPS) is 12.8. The minimum atomic E-state index is -0.131. The van der Waals surface area contributed by atoms with Gasteiger partial charge in [0.05, 0.1) is 15.7 Å². The van der Waals surface area contributed by atoms with Gasteiger partial charge in [-0.3, -0.25) is 4.79 Å². The molecule has 0 atom stereocenters. The van der Waals surface area contributed by atoms with Crippen LogP contribution < -0.4 is 5.32 Å². The fraction of sp³-hybridized carbons (Fsp3) is 0.333. The van der Waals surface area contributed by atoms with Crippen LogP contribution in [0, 0.1) is 6.92 Å². The van der Waals surface area contributed by atoms with Crippen molar-refractivity contribution < 1.29 is 4.79 Å². The number of carbonyl (C=O) groups is 1. The monoisotopic (exact) mass is 458 g/mol. The molecule has 30 heavy (non-hydrogen) atoms. The van der Waals surface area contributed by atoms with Gasteiger partial charge in [0.2, 0.25) is 0 Å². The van der Waals surface area contributed by atoms with E-state index >= 15 is 0 Å². The number of thioether (sulfide) groups is 1. The minimum Gasteiger partial charge on any atom is -0.322 e. The summed E-state index contributed by atoms with van der Waals surface area (Å²) >= 11 is 9.84. The summed E-state index contributed by atoms with van der Waals surface area (Å²) in [6, 6.07) is 11.4. The molecule has 0 aliphatic heterocycles. The Balaban J connectivity index is 0.000000806. The quantitative estimate of drug-likeness (QED) is 0.393. The van der Waals surface area contributed by atoms with Crippen molar-refractivity contribution in [3.05, 3.63) is 62.9 Å². The number of amides is 1. The highest BCUT2D eigenvalue weighted by Gasteiger charge is 2.27. The van der Waals surface area contributed by atoms with Crippen LogP contribution in [0.2, 0.25) is 5.02 Å². The van der Waals surface area contributed by atoms with E-state index in [1.165, 1.54) is 24.3 Å². The van der Waals surface area contributed by atoms with E-state index in [0.717, 1.165) is 21.7 Å². The number of hydrogen-bond donors (Lipinski definition) is 1. The first kappa shape index (κ1) is 22.9. The molecule has 0 radical (unpaired) electrons. The predicted molar refractivity (Wildman–Crippen MR) is 131 cm³/mol. The van der Waals surface area contributed by atoms with E-state index in [4.69, 9.17) is 16.6 Å². The Morgan fingerprint density at radius 2 is 1.97 bits per heavy atom. The number of nitrogens with zero attached hydrogens (tertiary/aromatic N) is 1. The fourth-order valence-electron chi connectivity index (χ4n) is 2.95. The highest BCUT2D eigenvalue weighted by molar-refractivity contribution is 7.98. The summed E-state index contributed by atoms with van der Waals surface area (Å²) < 4.78 is 0. The molecule has 1 aliphatic rings. The van der Waals surface area contributed by atoms with Crippen molar-refractivity contribution in [3.8, 4) is 11.3 Å². The number of aryl methyl sites for hydroxylation is 1. The second-order valence-electron chi connectivity index (χ2n) is 7.38. The Morgan fingerprint density at radius 1 is 1.23 bits per heavy atom. The molecule has 1 fully saturated rings. The van der Waals surface area contributed by atoms with Gasteiger partial charge in [0.25, 0.3) is 5.91 Å². The summed E-state index contributed by atoms with van der Waals surface area (Å²) in [5.41, 5.74) is 4.12. The Labute approximate surface area is 192 Å². The first-order valence-corrected chi connectivity index (χ1v) is 12.7. The van der Waals surface area contributed by atoms with Crippen LogP contribution in [0.3, 0.4) is 0 Å². The van der Waals surface area contributed by atoms with E-state index in [2.05, 4.69) is 24.5 Å². The number of hydrogen-bond acceptors (Lipinski definition) is 4. The van der Waals surface area contributed by atoms with Crippen molar-refractivity contribution >= 4 is 46.3 Å². The van der Waals surface area contributed by atoms with Crippen molar-refractivity contribution in [2.24, 2.45) is 0 Å². The molecule has 0 spiro atoms. The molecule has 1 saturated carbocycles. The lowest BCUT2D eigenvalue weighted by Crippen LogP contribution is -2.13. The summed E-state index contributed by atoms with van der Waals surface area (Å²) in [5.74, 6) is 0.510. The van der Waals surface area contributed by atoms with Gasteiger partial charge in [-0.25, -0.2) is 4.98 Å². The first-order valence-electron chi connectivity index (χ1n) is 10.2. The average Bonchev–Trinajstić information content (AvgIpc) is 3.46. The van der Waals surface area contributed by atoms with Crippen LogP contribution in [0.1, 0.15) is 60.0 Å². The first-order chi connectivity index (χ1) is 14.5. The van der Waals surface area contributed by atoms with Crippen LogP contribution >= 0.6 is 34.7 Å². The van der Waals surface area contributed by atoms with Crippen molar-refractivity contribution in [1.29, 1.82) is 0 Å². The summed E-state index contributed by atoms with van der Waals surface area (Å²) in [6.07, 6.45) is 5.75. The maximum Gasteiger partial charge on any atom is 0.255 e. The van der Waals surface area contributed by atoms with Crippen molar-refractivity contribution in [1.82, 2.24) is 4.98 Å². The zero-order chi connectivity index (χ0) is 21.7. The fourth-order valence-corrected chi connectivity index (χ4v) is 4.71. The molecular weight excluding hydrogens is 432 g/mol. The van der Waals surface area contributed by atoms with Gasteiger partial charge in [0.1, 0.15) is 0 Å². The topological polar surface area (TPSA) is 42.0 Å². The van der Waals surface area contributed by atoms with Gasteiger partial charge in [-0.2, -0.15) is 0 Å². The van der Waals surface area contributed by atoms with Crippen LogP contribution in [0.5, 0.6) is 0 Å². The number of anilines is 1. The van der Waals surface area contributed by atoms with E-state index in [-0.39, 0.29) is 5.91 Å². The molecule has 0 saturated heterocycles. The number of carbonyl (C=O) groups excluding carboxylic acids is 1. The Kier molecular flexibility index (Phi) is 7.98. The number of benzene rings is 2. The van der Waals surface area contributed by atoms with Gasteiger partial charge in [-0.1, -0.05) is 31.9 Å². The second-order valence-corrected chi connectivity index (χ2v) is 9.56. The lowest BCUT2D eigenvalue weighted by molar-refractivity contribution is 0.102. The molecule has 0 bridgehead atoms. The van der Waals surface area contributed by atoms with Crippen molar-refractivity contribution in [3.63, 3.8) is 0 Å². The van der Waals surface area contributed by atoms with Crippen LogP contribution in [0.25, 0.3) is 11.3 Å². The Morgan fingerprint density at radius 3 is 2.57 bits per heavy atom. The maximum absolute atomic E-state index is 12.6. The number of aromatic nitrogens is 1. The molecule has 3 aromatic rings. The zero-order valence-corrected chi connectivity index (χ0v) is 20.2. The standard InChI is InChI=1S/C21H19ClN2OS2.C3H8/c1-12-9-15(26-2)6-8-16(12)20(25)23-14-5-7-17(18(22)10-14)19-11-27-21(24-19)13-3-4-13;1-3-2/h5-11,13H,3-4H2,1-2H3,(H,23,25);3H2,1-2H3. The van der Waals surface area contributed by atoms with E-state index in [0.29, 0.717) is 22.2 Å². The highest BCUT2D eigenvalue weighted by atomic mass is 35.5. The van der Waals surface area contributed by atoms with Crippen LogP contribution in [-0.2, 0) is 0 Å². The number of thiazole rings is 1. The molecule has 1 heterocycles. The largest absolute Gasteiger partial charge is 0.322 e. The molecule has 1 amide bonds. The van der Waals surface area contributed by atoms with Crippen LogP contribution in [0.4, 0.5) is 5.69 Å². The van der Waals surface area contributed by atoms with Gasteiger partial charge in [-0.05, 0) is 68.0 Å². The van der Waals surface area contributed by atoms with Gasteiger partial charge < -0.3 is 5.32 Å². The Hall–Kier alpha value is -1.82. The third kappa shape index (κ3) is 5.65. The number of nitrogens with one attached hydrogen (secondary N) is 1. The molecule has 1 aromatic heterocycles. The predicted octanol–water partition coefficient (Wildman–Crippen LogP) is 8.04. The van der Waals surface area contributed by atoms with E-state index in [9.17, 15) is 4.79 Å². The molecule has 3 nitrogen and oxygen atoms in total. The molecule has 4 rings (SSSR count). The summed E-state index contributed by atoms with van der Waals surface area (Å²) in [7, 11) is 0. The zero-order valence-electron chi connectivity index (χ0n) is 17.8. The lowest BCUT2D eigenvalue weighted by Gasteiger charge is -2.10. The SMILES string of the molecule is CCC.CSc1ccc(C(=O)Nc2ccc(-c3csc(C4CC4)n3)c(Cl)c2)c(C)c1. The van der Waals surface area contributed by atoms with E-state index < -0.39 is 0 Å². The molecule has 158 valence electrons. The highest BCUT2D eigenvalue weighted by Crippen LogP contribution is 2.43. The summed E-state index contributed by atoms with van der Waals surface area (Å²) in [6.45, 7) is 6.20. The van der Waals surface area contributed by atoms with Crippen LogP contribution in [-0.4, -0.2) is 17.1 Å². The van der Waals surface area contributed by atoms with E-state index in [1.54, 1.807) is 29.2 Å². The molecule has 0 unspecified atom stereocenters. The summed E-state index contributed by atoms with van der Waals surface area (Å²) in [4.78, 5) is 18.5. The molecule has 1 aliphatic carbocycles. The summed E-state index contributed by atoms with van der Waals surface area (Å²) in [5, 5.41) is 6.79. The number of halogens is 1. The third-order valence-corrected chi connectivity index (χ3v) is 6.67. The third-order valence-electron chi connectivity index (χ3n) is 4.63. The second kappa shape index (κ2) is 10.5. The van der Waals surface area contributed by atoms with Gasteiger partial charge in [0.15, 0.2) is 0 Å². The van der Waals surface area contributed by atoms with Gasteiger partial charge in [-0.15, -0.1) is 23.1 Å². The van der Waals surface area contributed by atoms with Crippen LogP contribution in [0.15, 0.2) is 46.7 Å². The van der Waals surface area contributed by atoms with Gasteiger partial charge in [0, 0.05) is 33.0 Å². The maximum atomic E-state index is 12.6. The number of rotatable bonds is 5. The van der Waals surface area contributed by atoms with Gasteiger partial charge >= 0.3 is 0 Å². The van der Waals surface area contributed by atoms with E-state index in [1.807, 2.05) is 43.5 Å². The Bertz CT molecular complexity index is 1030. The molecule has 2 aromatic carbocycles. The minimum absolute atomic E-state index is 0.131. The molecular formula is C24H27ClN2OS2. The average molecular weight is 459 g/mol. The lowest BCUT2D eigenvalue weighted by atomic mass is 10.1. The smallest absolute Gasteiger partial charge is 0.255 e. The molecule has 1 N–H and O–H groups in total. The van der Waals surface area contributed by atoms with Crippen molar-refractivity contribution in [2.75, 3.05) is 11.6 Å².